The van der Waals surface area contributed by atoms with Gasteiger partial charge in [0.2, 0.25) is 0 Å². The van der Waals surface area contributed by atoms with Gasteiger partial charge in [0.15, 0.2) is 5.82 Å². The summed E-state index contributed by atoms with van der Waals surface area (Å²) in [6.07, 6.45) is 9.97. The number of aromatic nitrogens is 9. The third-order valence-electron chi connectivity index (χ3n) is 13.6. The second-order valence-corrected chi connectivity index (χ2v) is 17.3. The van der Waals surface area contributed by atoms with Crippen LogP contribution in [-0.4, -0.2) is 73.6 Å². The minimum atomic E-state index is -0.813. The molecule has 6 aromatic heterocycles. The molecular formula is C46H45FN10O5. The van der Waals surface area contributed by atoms with E-state index in [0.29, 0.717) is 83.9 Å². The van der Waals surface area contributed by atoms with Gasteiger partial charge in [-0.05, 0) is 118 Å². The lowest BCUT2D eigenvalue weighted by Gasteiger charge is -2.34. The SMILES string of the molecule is Cc1cc(-n2nc3c(c2-n2ccn(-c4ccc5cnc(C)n5c4)c2=O)[C@H](C)N(C(=O)c2cc4cc(C5CCOCC5)ccc4n2[C@@]2(c4noc(=O)[nH]4)C[C@@H]2C)CC3)cc(C)c1F. The molecule has 0 unspecified atom stereocenters. The van der Waals surface area contributed by atoms with Crippen molar-refractivity contribution in [2.24, 2.45) is 5.92 Å². The van der Waals surface area contributed by atoms with Gasteiger partial charge in [0, 0.05) is 61.2 Å². The Morgan fingerprint density at radius 1 is 0.952 bits per heavy atom. The topological polar surface area (TPSA) is 155 Å². The van der Waals surface area contributed by atoms with Crippen molar-refractivity contribution in [2.45, 2.75) is 77.8 Å². The molecule has 3 atom stereocenters. The highest BCUT2D eigenvalue weighted by Crippen LogP contribution is 2.56. The highest BCUT2D eigenvalue weighted by atomic mass is 19.1. The number of hydrogen-bond donors (Lipinski definition) is 1. The lowest BCUT2D eigenvalue weighted by Crippen LogP contribution is -2.41. The molecule has 8 aromatic rings. The molecule has 0 bridgehead atoms. The fraction of sp³-hybridized carbons (Fsp3) is 0.348. The predicted octanol–water partition coefficient (Wildman–Crippen LogP) is 6.59. The van der Waals surface area contributed by atoms with E-state index in [1.165, 1.54) is 5.56 Å². The minimum absolute atomic E-state index is 0.0349. The summed E-state index contributed by atoms with van der Waals surface area (Å²) >= 11 is 0. The summed E-state index contributed by atoms with van der Waals surface area (Å²) in [5, 5.41) is 10.2. The van der Waals surface area contributed by atoms with Gasteiger partial charge in [-0.15, -0.1) is 0 Å². The second-order valence-electron chi connectivity index (χ2n) is 17.3. The molecule has 1 aliphatic carbocycles. The highest BCUT2D eigenvalue weighted by molar-refractivity contribution is 6.00. The van der Waals surface area contributed by atoms with E-state index in [9.17, 15) is 9.59 Å². The molecule has 2 fully saturated rings. The molecule has 16 heteroatoms. The van der Waals surface area contributed by atoms with Crippen molar-refractivity contribution in [3.05, 3.63) is 145 Å². The number of imidazole rings is 2. The van der Waals surface area contributed by atoms with E-state index in [2.05, 4.69) is 44.8 Å². The zero-order valence-electron chi connectivity index (χ0n) is 35.1. The first-order valence-electron chi connectivity index (χ1n) is 21.2. The lowest BCUT2D eigenvalue weighted by molar-refractivity contribution is 0.0663. The van der Waals surface area contributed by atoms with Gasteiger partial charge >= 0.3 is 11.4 Å². The maximum atomic E-state index is 15.5. The molecule has 8 heterocycles. The molecule has 3 aliphatic rings. The number of nitrogens with one attached hydrogen (secondary N) is 1. The summed E-state index contributed by atoms with van der Waals surface area (Å²) in [4.78, 5) is 51.6. The summed E-state index contributed by atoms with van der Waals surface area (Å²) in [5.74, 6) is 0.842. The first-order valence-corrected chi connectivity index (χ1v) is 21.2. The van der Waals surface area contributed by atoms with E-state index in [-0.39, 0.29) is 23.3 Å². The maximum Gasteiger partial charge on any atom is 0.438 e. The Hall–Kier alpha value is -6.81. The Labute approximate surface area is 354 Å². The number of aromatic amines is 1. The van der Waals surface area contributed by atoms with Gasteiger partial charge < -0.3 is 18.6 Å². The molecule has 2 aromatic carbocycles. The average Bonchev–Trinajstić information content (AvgIpc) is 3.90. The molecule has 62 heavy (non-hydrogen) atoms. The molecule has 15 nitrogen and oxygen atoms in total. The van der Waals surface area contributed by atoms with Crippen molar-refractivity contribution in [1.82, 2.24) is 47.9 Å². The molecular weight excluding hydrogens is 792 g/mol. The number of aryl methyl sites for hydroxylation is 3. The van der Waals surface area contributed by atoms with Crippen LogP contribution in [0.3, 0.4) is 0 Å². The summed E-state index contributed by atoms with van der Waals surface area (Å²) in [6, 6.07) is 15.1. The van der Waals surface area contributed by atoms with Crippen molar-refractivity contribution in [1.29, 1.82) is 0 Å². The van der Waals surface area contributed by atoms with Crippen LogP contribution < -0.4 is 11.4 Å². The molecule has 1 amide bonds. The van der Waals surface area contributed by atoms with Gasteiger partial charge in [0.25, 0.3) is 5.91 Å². The van der Waals surface area contributed by atoms with Crippen LogP contribution in [0.4, 0.5) is 4.39 Å². The van der Waals surface area contributed by atoms with Crippen LogP contribution in [0.1, 0.15) is 95.2 Å². The number of fused-ring (bicyclic) bond motifs is 3. The van der Waals surface area contributed by atoms with E-state index in [4.69, 9.17) is 14.4 Å². The van der Waals surface area contributed by atoms with E-state index >= 15 is 9.18 Å². The zero-order valence-corrected chi connectivity index (χ0v) is 35.1. The molecule has 1 saturated heterocycles. The van der Waals surface area contributed by atoms with Crippen LogP contribution in [-0.2, 0) is 16.7 Å². The first-order chi connectivity index (χ1) is 29.9. The monoisotopic (exact) mass is 836 g/mol. The number of rotatable bonds is 7. The number of carbonyl (C=O) groups excluding carboxylic acids is 1. The van der Waals surface area contributed by atoms with Gasteiger partial charge in [-0.1, -0.05) is 18.1 Å². The van der Waals surface area contributed by atoms with E-state index in [1.54, 1.807) is 58.4 Å². The number of H-pyrrole nitrogens is 1. The van der Waals surface area contributed by atoms with Gasteiger partial charge in [-0.3, -0.25) is 23.4 Å². The van der Waals surface area contributed by atoms with Gasteiger partial charge in [0.1, 0.15) is 28.7 Å². The minimum Gasteiger partial charge on any atom is -0.381 e. The largest absolute Gasteiger partial charge is 0.438 e. The second kappa shape index (κ2) is 13.9. The summed E-state index contributed by atoms with van der Waals surface area (Å²) < 4.78 is 34.6. The summed E-state index contributed by atoms with van der Waals surface area (Å²) in [6.45, 7) is 11.1. The van der Waals surface area contributed by atoms with Crippen molar-refractivity contribution >= 4 is 22.3 Å². The van der Waals surface area contributed by atoms with Crippen molar-refractivity contribution < 1.29 is 18.4 Å². The summed E-state index contributed by atoms with van der Waals surface area (Å²) in [7, 11) is 0. The number of nitrogens with zero attached hydrogens (tertiary/aromatic N) is 9. The van der Waals surface area contributed by atoms with Crippen LogP contribution in [0, 0.1) is 32.5 Å². The van der Waals surface area contributed by atoms with E-state index in [0.717, 1.165) is 40.8 Å². The molecule has 1 saturated carbocycles. The van der Waals surface area contributed by atoms with Crippen LogP contribution in [0.5, 0.6) is 0 Å². The smallest absolute Gasteiger partial charge is 0.381 e. The van der Waals surface area contributed by atoms with Gasteiger partial charge in [-0.25, -0.2) is 23.6 Å². The van der Waals surface area contributed by atoms with Crippen molar-refractivity contribution in [2.75, 3.05) is 19.8 Å². The highest BCUT2D eigenvalue weighted by Gasteiger charge is 2.59. The Kier molecular flexibility index (Phi) is 8.52. The maximum absolute atomic E-state index is 15.5. The third kappa shape index (κ3) is 5.65. The van der Waals surface area contributed by atoms with Crippen LogP contribution in [0.2, 0.25) is 0 Å². The van der Waals surface area contributed by atoms with Crippen LogP contribution in [0.25, 0.3) is 33.6 Å². The average molecular weight is 837 g/mol. The number of hydrogen-bond acceptors (Lipinski definition) is 8. The number of carbonyl (C=O) groups is 1. The normalized spacial score (nSPS) is 20.4. The quantitative estimate of drug-likeness (QED) is 0.189. The molecule has 0 spiro atoms. The van der Waals surface area contributed by atoms with Crippen LogP contribution in [0.15, 0.2) is 87.4 Å². The standard InChI is InChI=1S/C46H45FN10O5/c1-25-18-35(19-26(2)40(25)47)57-41(54-15-14-53(45(54)60)34-8-7-33-23-48-29(5)55(33)24-34)39-28(4)52(13-10-36(39)50-57)42(58)38-21-32-20-31(30-11-16-61-17-12-30)6-9-37(32)56(38)46(22-27(46)3)43-49-44(59)62-51-43/h6-9,14-15,18-21,23-24,27-28,30H,10-13,16-17,22H2,1-5H3,(H,49,51,59)/t27-,28-,46-/m0/s1. The van der Waals surface area contributed by atoms with Gasteiger partial charge in [0.05, 0.1) is 34.8 Å². The molecule has 11 rings (SSSR count). The lowest BCUT2D eigenvalue weighted by atomic mass is 9.91. The summed E-state index contributed by atoms with van der Waals surface area (Å²) in [5.41, 5.74) is 5.84. The Bertz CT molecular complexity index is 3220. The molecule has 316 valence electrons. The van der Waals surface area contributed by atoms with Gasteiger partial charge in [-0.2, -0.15) is 5.10 Å². The number of ether oxygens (including phenoxy) is 1. The molecule has 1 N–H and O–H groups in total. The Morgan fingerprint density at radius 2 is 1.71 bits per heavy atom. The first kappa shape index (κ1) is 38.1. The number of pyridine rings is 1. The van der Waals surface area contributed by atoms with Crippen molar-refractivity contribution in [3.8, 4) is 17.2 Å². The Balaban J connectivity index is 1.06. The van der Waals surface area contributed by atoms with Crippen molar-refractivity contribution in [3.63, 3.8) is 0 Å². The molecule has 0 radical (unpaired) electrons. The molecule has 2 aliphatic heterocycles. The third-order valence-corrected chi connectivity index (χ3v) is 13.6. The van der Waals surface area contributed by atoms with Crippen LogP contribution >= 0.6 is 0 Å². The van der Waals surface area contributed by atoms with E-state index < -0.39 is 17.3 Å². The number of amides is 1. The predicted molar refractivity (Wildman–Crippen MR) is 227 cm³/mol. The number of halogens is 1. The fourth-order valence-electron chi connectivity index (χ4n) is 10.2. The fourth-order valence-corrected chi connectivity index (χ4v) is 10.2. The Morgan fingerprint density at radius 3 is 2.44 bits per heavy atom. The number of benzene rings is 2. The van der Waals surface area contributed by atoms with E-state index in [1.807, 2.05) is 47.5 Å². The zero-order chi connectivity index (χ0) is 42.8.